The molecule has 0 aliphatic carbocycles. The van der Waals surface area contributed by atoms with Gasteiger partial charge < -0.3 is 5.11 Å². The van der Waals surface area contributed by atoms with Crippen LogP contribution in [0.2, 0.25) is 0 Å². The summed E-state index contributed by atoms with van der Waals surface area (Å²) in [6, 6.07) is 9.90. The second kappa shape index (κ2) is 5.37. The van der Waals surface area contributed by atoms with Gasteiger partial charge >= 0.3 is 5.97 Å². The molecule has 0 radical (unpaired) electrons. The van der Waals surface area contributed by atoms with Crippen LogP contribution in [0.5, 0.6) is 0 Å². The summed E-state index contributed by atoms with van der Waals surface area (Å²) < 4.78 is 0. The number of aliphatic carboxylic acids is 1. The van der Waals surface area contributed by atoms with Crippen molar-refractivity contribution in [3.8, 4) is 0 Å². The Morgan fingerprint density at radius 3 is 2.88 bits per heavy atom. The second-order valence-electron chi connectivity index (χ2n) is 3.90. The molecule has 86 valence electrons. The van der Waals surface area contributed by atoms with Crippen molar-refractivity contribution in [1.29, 1.82) is 0 Å². The molecule has 2 rings (SSSR count). The summed E-state index contributed by atoms with van der Waals surface area (Å²) in [5.41, 5.74) is 1.27. The van der Waals surface area contributed by atoms with Crippen LogP contribution in [0.4, 0.5) is 0 Å². The minimum Gasteiger partial charge on any atom is -0.480 e. The molecule has 3 nitrogen and oxygen atoms in total. The van der Waals surface area contributed by atoms with Crippen LogP contribution >= 0.6 is 11.8 Å². The lowest BCUT2D eigenvalue weighted by molar-refractivity contribution is -0.141. The summed E-state index contributed by atoms with van der Waals surface area (Å²) in [6.45, 7) is 0.827. The van der Waals surface area contributed by atoms with Crippen molar-refractivity contribution >= 4 is 17.7 Å². The molecule has 4 heteroatoms. The lowest BCUT2D eigenvalue weighted by Crippen LogP contribution is -2.38. The van der Waals surface area contributed by atoms with E-state index in [0.29, 0.717) is 5.75 Å². The maximum absolute atomic E-state index is 11.0. The molecule has 0 aromatic heterocycles. The van der Waals surface area contributed by atoms with Crippen LogP contribution in [0.1, 0.15) is 5.56 Å². The maximum Gasteiger partial charge on any atom is 0.321 e. The number of hydrogen-bond acceptors (Lipinski definition) is 3. The van der Waals surface area contributed by atoms with Crippen LogP contribution in [0.3, 0.4) is 0 Å². The normalized spacial score (nSPS) is 21.1. The van der Waals surface area contributed by atoms with Crippen LogP contribution in [-0.4, -0.2) is 40.2 Å². The van der Waals surface area contributed by atoms with Gasteiger partial charge in [-0.25, -0.2) is 0 Å². The molecule has 0 spiro atoms. The highest BCUT2D eigenvalue weighted by atomic mass is 32.2. The number of thioether (sulfide) groups is 1. The van der Waals surface area contributed by atoms with E-state index >= 15 is 0 Å². The van der Waals surface area contributed by atoms with E-state index in [-0.39, 0.29) is 6.04 Å². The van der Waals surface area contributed by atoms with Crippen molar-refractivity contribution in [2.45, 2.75) is 12.5 Å². The summed E-state index contributed by atoms with van der Waals surface area (Å²) >= 11 is 1.70. The molecule has 1 aromatic carbocycles. The Kier molecular flexibility index (Phi) is 3.85. The van der Waals surface area contributed by atoms with Crippen LogP contribution in [-0.2, 0) is 11.2 Å². The van der Waals surface area contributed by atoms with Crippen LogP contribution in [0.25, 0.3) is 0 Å². The van der Waals surface area contributed by atoms with Gasteiger partial charge in [-0.05, 0) is 12.0 Å². The van der Waals surface area contributed by atoms with Gasteiger partial charge in [-0.1, -0.05) is 30.3 Å². The predicted molar refractivity (Wildman–Crippen MR) is 65.6 cm³/mol. The molecule has 1 atom stereocenters. The average Bonchev–Trinajstić information content (AvgIpc) is 2.76. The van der Waals surface area contributed by atoms with E-state index in [1.165, 1.54) is 5.56 Å². The molecule has 1 aromatic rings. The smallest absolute Gasteiger partial charge is 0.321 e. The van der Waals surface area contributed by atoms with E-state index in [4.69, 9.17) is 5.11 Å². The third-order valence-electron chi connectivity index (χ3n) is 2.79. The zero-order valence-electron chi connectivity index (χ0n) is 9.00. The van der Waals surface area contributed by atoms with Gasteiger partial charge in [0.1, 0.15) is 6.04 Å². The van der Waals surface area contributed by atoms with Gasteiger partial charge in [0.15, 0.2) is 0 Å². The Labute approximate surface area is 99.5 Å². The first-order chi connectivity index (χ1) is 7.77. The summed E-state index contributed by atoms with van der Waals surface area (Å²) in [7, 11) is 0. The lowest BCUT2D eigenvalue weighted by Gasteiger charge is -2.19. The van der Waals surface area contributed by atoms with E-state index in [1.54, 1.807) is 11.8 Å². The fourth-order valence-electron chi connectivity index (χ4n) is 1.84. The molecule has 0 unspecified atom stereocenters. The minimum absolute atomic E-state index is 0.297. The number of nitrogens with zero attached hydrogens (tertiary/aromatic N) is 1. The molecule has 16 heavy (non-hydrogen) atoms. The summed E-state index contributed by atoms with van der Waals surface area (Å²) in [5, 5.41) is 9.03. The van der Waals surface area contributed by atoms with Gasteiger partial charge in [-0.3, -0.25) is 9.69 Å². The molecule has 1 fully saturated rings. The van der Waals surface area contributed by atoms with Gasteiger partial charge in [-0.2, -0.15) is 0 Å². The summed E-state index contributed by atoms with van der Waals surface area (Å²) in [4.78, 5) is 13.0. The van der Waals surface area contributed by atoms with E-state index in [1.807, 2.05) is 23.1 Å². The Bertz CT molecular complexity index is 355. The summed E-state index contributed by atoms with van der Waals surface area (Å²) in [5.74, 6) is 0.853. The first-order valence-corrected chi connectivity index (χ1v) is 6.51. The number of hydrogen-bond donors (Lipinski definition) is 1. The topological polar surface area (TPSA) is 40.5 Å². The molecular weight excluding hydrogens is 222 g/mol. The van der Waals surface area contributed by atoms with Gasteiger partial charge in [0, 0.05) is 18.2 Å². The van der Waals surface area contributed by atoms with Crippen molar-refractivity contribution in [2.24, 2.45) is 0 Å². The highest BCUT2D eigenvalue weighted by molar-refractivity contribution is 7.99. The Morgan fingerprint density at radius 1 is 1.44 bits per heavy atom. The number of benzene rings is 1. The minimum atomic E-state index is -0.696. The van der Waals surface area contributed by atoms with Gasteiger partial charge in [0.05, 0.1) is 0 Å². The first-order valence-electron chi connectivity index (χ1n) is 5.36. The van der Waals surface area contributed by atoms with Gasteiger partial charge in [0.25, 0.3) is 0 Å². The van der Waals surface area contributed by atoms with E-state index in [9.17, 15) is 4.79 Å². The number of carboxylic acid groups (broad SMARTS) is 1. The molecular formula is C12H15NO2S. The van der Waals surface area contributed by atoms with Crippen molar-refractivity contribution in [2.75, 3.05) is 18.2 Å². The average molecular weight is 237 g/mol. The lowest BCUT2D eigenvalue weighted by atomic mass is 10.1. The second-order valence-corrected chi connectivity index (χ2v) is 4.90. The predicted octanol–water partition coefficient (Wildman–Crippen LogP) is 1.69. The van der Waals surface area contributed by atoms with Crippen LogP contribution in [0, 0.1) is 0 Å². The SMILES string of the molecule is O=C(O)[C@H]1CSCN1CCc1ccccc1. The molecule has 1 aliphatic rings. The van der Waals surface area contributed by atoms with E-state index in [0.717, 1.165) is 18.8 Å². The first kappa shape index (κ1) is 11.5. The molecule has 1 aliphatic heterocycles. The highest BCUT2D eigenvalue weighted by Crippen LogP contribution is 2.21. The molecule has 0 amide bonds. The molecule has 1 heterocycles. The highest BCUT2D eigenvalue weighted by Gasteiger charge is 2.30. The zero-order chi connectivity index (χ0) is 11.4. The third-order valence-corrected chi connectivity index (χ3v) is 3.85. The van der Waals surface area contributed by atoms with E-state index in [2.05, 4.69) is 12.1 Å². The largest absolute Gasteiger partial charge is 0.480 e. The maximum atomic E-state index is 11.0. The molecule has 1 saturated heterocycles. The fourth-order valence-corrected chi connectivity index (χ4v) is 3.07. The van der Waals surface area contributed by atoms with Crippen LogP contribution < -0.4 is 0 Å². The summed E-state index contributed by atoms with van der Waals surface area (Å²) in [6.07, 6.45) is 0.922. The number of carboxylic acids is 1. The third kappa shape index (κ3) is 2.77. The van der Waals surface area contributed by atoms with Crippen molar-refractivity contribution in [1.82, 2.24) is 4.90 Å². The van der Waals surface area contributed by atoms with Gasteiger partial charge in [-0.15, -0.1) is 11.8 Å². The van der Waals surface area contributed by atoms with Crippen molar-refractivity contribution in [3.05, 3.63) is 35.9 Å². The standard InChI is InChI=1S/C12H15NO2S/c14-12(15)11-8-16-9-13(11)7-6-10-4-2-1-3-5-10/h1-5,11H,6-9H2,(H,14,15)/t11-/m1/s1. The Morgan fingerprint density at radius 2 is 2.19 bits per heavy atom. The zero-order valence-corrected chi connectivity index (χ0v) is 9.82. The van der Waals surface area contributed by atoms with Crippen molar-refractivity contribution < 1.29 is 9.90 Å². The van der Waals surface area contributed by atoms with Crippen LogP contribution in [0.15, 0.2) is 30.3 Å². The van der Waals surface area contributed by atoms with Gasteiger partial charge in [0.2, 0.25) is 0 Å². The molecule has 1 N–H and O–H groups in total. The fraction of sp³-hybridized carbons (Fsp3) is 0.417. The monoisotopic (exact) mass is 237 g/mol. The van der Waals surface area contributed by atoms with Crippen molar-refractivity contribution in [3.63, 3.8) is 0 Å². The number of rotatable bonds is 4. The quantitative estimate of drug-likeness (QED) is 0.865. The Balaban J connectivity index is 1.88. The molecule has 0 saturated carbocycles. The molecule has 0 bridgehead atoms. The number of carbonyl (C=O) groups is 1. The Hall–Kier alpha value is -1.00. The van der Waals surface area contributed by atoms with E-state index < -0.39 is 5.97 Å².